The van der Waals surface area contributed by atoms with Crippen LogP contribution in [0.25, 0.3) is 0 Å². The number of benzene rings is 1. The van der Waals surface area contributed by atoms with E-state index in [1.54, 1.807) is 7.11 Å². The summed E-state index contributed by atoms with van der Waals surface area (Å²) in [5.74, 6) is 1.25. The van der Waals surface area contributed by atoms with Crippen LogP contribution < -0.4 is 15.4 Å². The van der Waals surface area contributed by atoms with Crippen LogP contribution in [-0.2, 0) is 4.79 Å². The number of ether oxygens (including phenoxy) is 1. The zero-order valence-corrected chi connectivity index (χ0v) is 12.5. The van der Waals surface area contributed by atoms with Crippen LogP contribution in [0.4, 0.5) is 5.69 Å². The molecular weight excluding hydrogens is 252 g/mol. The lowest BCUT2D eigenvalue weighted by Crippen LogP contribution is -2.44. The first-order valence-electron chi connectivity index (χ1n) is 7.20. The lowest BCUT2D eigenvalue weighted by Gasteiger charge is -2.36. The Morgan fingerprint density at radius 2 is 2.05 bits per heavy atom. The molecule has 0 aliphatic carbocycles. The molecule has 1 aliphatic heterocycles. The predicted molar refractivity (Wildman–Crippen MR) is 81.0 cm³/mol. The molecular formula is C16H24N2O2. The van der Waals surface area contributed by atoms with E-state index >= 15 is 0 Å². The fourth-order valence-electron chi connectivity index (χ4n) is 2.62. The number of hydrogen-bond donors (Lipinski definition) is 2. The Kier molecular flexibility index (Phi) is 4.65. The Balaban J connectivity index is 2.01. The van der Waals surface area contributed by atoms with E-state index in [0.717, 1.165) is 37.4 Å². The topological polar surface area (TPSA) is 50.4 Å². The third kappa shape index (κ3) is 3.31. The number of carbonyl (C=O) groups is 1. The van der Waals surface area contributed by atoms with Crippen LogP contribution in [-0.4, -0.2) is 26.1 Å². The highest BCUT2D eigenvalue weighted by Gasteiger charge is 2.37. The van der Waals surface area contributed by atoms with Crippen LogP contribution in [0, 0.1) is 11.3 Å². The Bertz CT molecular complexity index is 448. The average Bonchev–Trinajstić information content (AvgIpc) is 2.49. The Hall–Kier alpha value is -1.55. The van der Waals surface area contributed by atoms with Crippen molar-refractivity contribution in [3.8, 4) is 5.75 Å². The van der Waals surface area contributed by atoms with Gasteiger partial charge in [-0.1, -0.05) is 13.8 Å². The predicted octanol–water partition coefficient (Wildman–Crippen LogP) is 2.66. The molecule has 0 saturated carbocycles. The molecule has 1 fully saturated rings. The maximum Gasteiger partial charge on any atom is 0.230 e. The minimum Gasteiger partial charge on any atom is -0.497 e. The zero-order valence-electron chi connectivity index (χ0n) is 12.5. The van der Waals surface area contributed by atoms with Gasteiger partial charge in [0, 0.05) is 11.1 Å². The summed E-state index contributed by atoms with van der Waals surface area (Å²) in [6, 6.07) is 7.44. The minimum absolute atomic E-state index is 0.0800. The highest BCUT2D eigenvalue weighted by molar-refractivity contribution is 5.95. The van der Waals surface area contributed by atoms with Crippen molar-refractivity contribution in [3.05, 3.63) is 24.3 Å². The van der Waals surface area contributed by atoms with Crippen molar-refractivity contribution >= 4 is 11.6 Å². The second kappa shape index (κ2) is 6.27. The molecule has 1 amide bonds. The Labute approximate surface area is 120 Å². The second-order valence-electron chi connectivity index (χ2n) is 5.95. The van der Waals surface area contributed by atoms with Crippen molar-refractivity contribution in [1.82, 2.24) is 5.32 Å². The zero-order chi connectivity index (χ0) is 14.6. The van der Waals surface area contributed by atoms with Gasteiger partial charge in [0.05, 0.1) is 7.11 Å². The fraction of sp³-hybridized carbons (Fsp3) is 0.562. The van der Waals surface area contributed by atoms with Gasteiger partial charge in [0.25, 0.3) is 0 Å². The molecule has 4 nitrogen and oxygen atoms in total. The summed E-state index contributed by atoms with van der Waals surface area (Å²) < 4.78 is 5.12. The molecule has 2 rings (SSSR count). The van der Waals surface area contributed by atoms with Gasteiger partial charge in [0.2, 0.25) is 5.91 Å². The normalized spacial score (nSPS) is 19.4. The molecule has 1 saturated heterocycles. The van der Waals surface area contributed by atoms with E-state index in [4.69, 9.17) is 4.74 Å². The van der Waals surface area contributed by atoms with Gasteiger partial charge in [-0.25, -0.2) is 0 Å². The van der Waals surface area contributed by atoms with Gasteiger partial charge in [0.1, 0.15) is 5.75 Å². The first kappa shape index (κ1) is 14.9. The van der Waals surface area contributed by atoms with Crippen molar-refractivity contribution in [1.29, 1.82) is 0 Å². The van der Waals surface area contributed by atoms with Gasteiger partial charge in [-0.2, -0.15) is 0 Å². The maximum absolute atomic E-state index is 12.5. The third-order valence-corrected chi connectivity index (χ3v) is 4.25. The number of carbonyl (C=O) groups excluding carboxylic acids is 1. The summed E-state index contributed by atoms with van der Waals surface area (Å²) in [5, 5.41) is 6.39. The molecule has 110 valence electrons. The van der Waals surface area contributed by atoms with Crippen molar-refractivity contribution in [3.63, 3.8) is 0 Å². The minimum atomic E-state index is -0.368. The maximum atomic E-state index is 12.5. The van der Waals surface area contributed by atoms with Crippen LogP contribution in [0.2, 0.25) is 0 Å². The summed E-state index contributed by atoms with van der Waals surface area (Å²) in [5.41, 5.74) is 0.445. The molecule has 0 radical (unpaired) electrons. The van der Waals surface area contributed by atoms with Gasteiger partial charge in [-0.3, -0.25) is 4.79 Å². The van der Waals surface area contributed by atoms with Gasteiger partial charge >= 0.3 is 0 Å². The summed E-state index contributed by atoms with van der Waals surface area (Å²) >= 11 is 0. The van der Waals surface area contributed by atoms with E-state index in [0.29, 0.717) is 5.92 Å². The molecule has 1 aliphatic rings. The highest BCUT2D eigenvalue weighted by atomic mass is 16.5. The average molecular weight is 276 g/mol. The van der Waals surface area contributed by atoms with Crippen LogP contribution in [0.3, 0.4) is 0 Å². The molecule has 1 atom stereocenters. The van der Waals surface area contributed by atoms with Crippen LogP contribution in [0.15, 0.2) is 24.3 Å². The lowest BCUT2D eigenvalue weighted by atomic mass is 9.74. The van der Waals surface area contributed by atoms with Gasteiger partial charge in [0.15, 0.2) is 0 Å². The monoisotopic (exact) mass is 276 g/mol. The standard InChI is InChI=1S/C16H24N2O2/c1-16(2,12-5-4-10-17-11-12)15(19)18-13-6-8-14(20-3)9-7-13/h6-9,12,17H,4-5,10-11H2,1-3H3,(H,18,19). The molecule has 1 heterocycles. The van der Waals surface area contributed by atoms with Gasteiger partial charge in [-0.05, 0) is 56.1 Å². The van der Waals surface area contributed by atoms with Gasteiger partial charge < -0.3 is 15.4 Å². The van der Waals surface area contributed by atoms with Crippen molar-refractivity contribution in [2.75, 3.05) is 25.5 Å². The van der Waals surface area contributed by atoms with Crippen LogP contribution >= 0.6 is 0 Å². The molecule has 4 heteroatoms. The highest BCUT2D eigenvalue weighted by Crippen LogP contribution is 2.33. The van der Waals surface area contributed by atoms with E-state index < -0.39 is 0 Å². The first-order valence-corrected chi connectivity index (χ1v) is 7.20. The molecule has 0 aromatic heterocycles. The molecule has 2 N–H and O–H groups in total. The smallest absolute Gasteiger partial charge is 0.230 e. The van der Waals surface area contributed by atoms with E-state index in [1.807, 2.05) is 38.1 Å². The van der Waals surface area contributed by atoms with Crippen LogP contribution in [0.1, 0.15) is 26.7 Å². The number of piperidine rings is 1. The van der Waals surface area contributed by atoms with Crippen molar-refractivity contribution in [2.45, 2.75) is 26.7 Å². The summed E-state index contributed by atoms with van der Waals surface area (Å²) in [6.07, 6.45) is 2.25. The van der Waals surface area contributed by atoms with Gasteiger partial charge in [-0.15, -0.1) is 0 Å². The van der Waals surface area contributed by atoms with E-state index in [2.05, 4.69) is 10.6 Å². The number of rotatable bonds is 4. The van der Waals surface area contributed by atoms with Crippen molar-refractivity contribution < 1.29 is 9.53 Å². The van der Waals surface area contributed by atoms with Crippen LogP contribution in [0.5, 0.6) is 5.75 Å². The number of methoxy groups -OCH3 is 1. The molecule has 1 aromatic carbocycles. The number of hydrogen-bond acceptors (Lipinski definition) is 3. The summed E-state index contributed by atoms with van der Waals surface area (Å²) in [7, 11) is 1.63. The van der Waals surface area contributed by atoms with Crippen molar-refractivity contribution in [2.24, 2.45) is 11.3 Å². The summed E-state index contributed by atoms with van der Waals surface area (Å²) in [6.45, 7) is 6.04. The molecule has 0 bridgehead atoms. The largest absolute Gasteiger partial charge is 0.497 e. The first-order chi connectivity index (χ1) is 9.54. The Morgan fingerprint density at radius 1 is 1.35 bits per heavy atom. The van der Waals surface area contributed by atoms with E-state index in [9.17, 15) is 4.79 Å². The van der Waals surface area contributed by atoms with E-state index in [-0.39, 0.29) is 11.3 Å². The fourth-order valence-corrected chi connectivity index (χ4v) is 2.62. The second-order valence-corrected chi connectivity index (χ2v) is 5.95. The number of amides is 1. The Morgan fingerprint density at radius 3 is 2.60 bits per heavy atom. The molecule has 1 unspecified atom stereocenters. The third-order valence-electron chi connectivity index (χ3n) is 4.25. The van der Waals surface area contributed by atoms with E-state index in [1.165, 1.54) is 0 Å². The quantitative estimate of drug-likeness (QED) is 0.889. The molecule has 20 heavy (non-hydrogen) atoms. The molecule has 0 spiro atoms. The number of anilines is 1. The number of nitrogens with one attached hydrogen (secondary N) is 2. The summed E-state index contributed by atoms with van der Waals surface area (Å²) in [4.78, 5) is 12.5. The molecule has 1 aromatic rings. The lowest BCUT2D eigenvalue weighted by molar-refractivity contribution is -0.127. The SMILES string of the molecule is COc1ccc(NC(=O)C(C)(C)C2CCCNC2)cc1.